The van der Waals surface area contributed by atoms with E-state index in [0.717, 1.165) is 56.8 Å². The molecule has 0 unspecified atom stereocenters. The Morgan fingerprint density at radius 2 is 1.89 bits per heavy atom. The van der Waals surface area contributed by atoms with Gasteiger partial charge in [-0.1, -0.05) is 6.07 Å². The third-order valence-corrected chi connectivity index (χ3v) is 7.82. The molecule has 0 aliphatic carbocycles. The molecule has 184 valence electrons. The first-order valence-corrected chi connectivity index (χ1v) is 13.4. The Labute approximate surface area is 217 Å². The van der Waals surface area contributed by atoms with Crippen molar-refractivity contribution in [2.24, 2.45) is 0 Å². The Morgan fingerprint density at radius 3 is 2.78 bits per heavy atom. The van der Waals surface area contributed by atoms with E-state index in [0.29, 0.717) is 12.3 Å². The van der Waals surface area contributed by atoms with Gasteiger partial charge in [0.25, 0.3) is 0 Å². The highest BCUT2D eigenvalue weighted by Crippen LogP contribution is 2.35. The summed E-state index contributed by atoms with van der Waals surface area (Å²) in [5.41, 5.74) is 6.39. The van der Waals surface area contributed by atoms with E-state index in [1.54, 1.807) is 17.5 Å². The molecule has 0 aromatic carbocycles. The second kappa shape index (κ2) is 9.42. The molecule has 7 heterocycles. The van der Waals surface area contributed by atoms with Gasteiger partial charge in [0.05, 0.1) is 17.6 Å². The third-order valence-electron chi connectivity index (χ3n) is 6.92. The number of likely N-dealkylation sites (tertiary alicyclic amines) is 1. The van der Waals surface area contributed by atoms with Crippen LogP contribution >= 0.6 is 11.3 Å². The lowest BCUT2D eigenvalue weighted by Gasteiger charge is -2.15. The predicted octanol–water partition coefficient (Wildman–Crippen LogP) is 5.77. The number of aromatic amines is 2. The van der Waals surface area contributed by atoms with Crippen LogP contribution in [0.5, 0.6) is 5.75 Å². The zero-order valence-electron chi connectivity index (χ0n) is 20.1. The molecular weight excluding hydrogens is 482 g/mol. The van der Waals surface area contributed by atoms with Gasteiger partial charge >= 0.3 is 0 Å². The highest BCUT2D eigenvalue weighted by molar-refractivity contribution is 7.13. The molecule has 0 amide bonds. The third kappa shape index (κ3) is 4.26. The molecule has 8 nitrogen and oxygen atoms in total. The van der Waals surface area contributed by atoms with Gasteiger partial charge in [0.15, 0.2) is 5.65 Å². The molecule has 7 rings (SSSR count). The summed E-state index contributed by atoms with van der Waals surface area (Å²) in [6.45, 7) is 3.95. The van der Waals surface area contributed by atoms with Gasteiger partial charge in [-0.15, -0.1) is 11.3 Å². The molecule has 1 fully saturated rings. The highest BCUT2D eigenvalue weighted by Gasteiger charge is 2.16. The number of nitrogens with zero attached hydrogens (tertiary/aromatic N) is 5. The molecule has 37 heavy (non-hydrogen) atoms. The van der Waals surface area contributed by atoms with Crippen molar-refractivity contribution in [3.8, 4) is 38.7 Å². The van der Waals surface area contributed by atoms with Crippen LogP contribution in [-0.4, -0.2) is 61.3 Å². The van der Waals surface area contributed by atoms with E-state index in [1.165, 1.54) is 30.8 Å². The van der Waals surface area contributed by atoms with E-state index in [-0.39, 0.29) is 0 Å². The molecule has 1 aliphatic heterocycles. The second-order valence-electron chi connectivity index (χ2n) is 9.28. The van der Waals surface area contributed by atoms with Crippen molar-refractivity contribution < 1.29 is 4.74 Å². The van der Waals surface area contributed by atoms with E-state index in [2.05, 4.69) is 70.7 Å². The van der Waals surface area contributed by atoms with Crippen LogP contribution in [0, 0.1) is 0 Å². The molecule has 0 spiro atoms. The molecule has 9 heteroatoms. The zero-order chi connectivity index (χ0) is 24.6. The molecule has 0 saturated carbocycles. The first kappa shape index (κ1) is 22.1. The Bertz CT molecular complexity index is 1680. The van der Waals surface area contributed by atoms with E-state index < -0.39 is 0 Å². The van der Waals surface area contributed by atoms with Gasteiger partial charge in [0.2, 0.25) is 0 Å². The first-order valence-electron chi connectivity index (χ1n) is 12.5. The Kier molecular flexibility index (Phi) is 5.64. The second-order valence-corrected chi connectivity index (χ2v) is 10.2. The lowest BCUT2D eigenvalue weighted by molar-refractivity contribution is 0.237. The largest absolute Gasteiger partial charge is 0.491 e. The van der Waals surface area contributed by atoms with Crippen molar-refractivity contribution in [1.82, 2.24) is 35.0 Å². The Morgan fingerprint density at radius 1 is 0.973 bits per heavy atom. The van der Waals surface area contributed by atoms with Crippen molar-refractivity contribution in [3.63, 3.8) is 0 Å². The van der Waals surface area contributed by atoms with Gasteiger partial charge in [0, 0.05) is 57.5 Å². The maximum Gasteiger partial charge on any atom is 0.181 e. The normalized spacial score (nSPS) is 14.2. The fourth-order valence-electron chi connectivity index (χ4n) is 5.03. The summed E-state index contributed by atoms with van der Waals surface area (Å²) < 4.78 is 6.02. The number of rotatable bonds is 7. The lowest BCUT2D eigenvalue weighted by Crippen LogP contribution is -2.25. The first-order chi connectivity index (χ1) is 18.3. The Balaban J connectivity index is 1.20. The predicted molar refractivity (Wildman–Crippen MR) is 147 cm³/mol. The van der Waals surface area contributed by atoms with Crippen molar-refractivity contribution >= 4 is 33.4 Å². The molecule has 6 aromatic heterocycles. The molecule has 1 saturated heterocycles. The number of hydrogen-bond donors (Lipinski definition) is 2. The van der Waals surface area contributed by atoms with E-state index in [4.69, 9.17) is 4.74 Å². The molecule has 6 aromatic rings. The summed E-state index contributed by atoms with van der Waals surface area (Å²) in [6, 6.07) is 12.5. The summed E-state index contributed by atoms with van der Waals surface area (Å²) >= 11 is 1.72. The van der Waals surface area contributed by atoms with Crippen LogP contribution in [0.4, 0.5) is 0 Å². The molecule has 0 atom stereocenters. The van der Waals surface area contributed by atoms with E-state index >= 15 is 0 Å². The lowest BCUT2D eigenvalue weighted by atomic mass is 10.1. The number of pyridine rings is 3. The molecule has 0 bridgehead atoms. The van der Waals surface area contributed by atoms with Crippen LogP contribution in [0.25, 0.3) is 55.0 Å². The monoisotopic (exact) mass is 507 g/mol. The highest BCUT2D eigenvalue weighted by atomic mass is 32.1. The van der Waals surface area contributed by atoms with Crippen LogP contribution in [-0.2, 0) is 0 Å². The smallest absolute Gasteiger partial charge is 0.181 e. The number of hydrogen-bond acceptors (Lipinski definition) is 7. The summed E-state index contributed by atoms with van der Waals surface area (Å²) in [5, 5.41) is 11.7. The fourth-order valence-corrected chi connectivity index (χ4v) is 5.79. The number of thiophene rings is 1. The molecule has 0 radical (unpaired) electrons. The topological polar surface area (TPSA) is 95.6 Å². The number of nitrogens with one attached hydrogen (secondary N) is 2. The van der Waals surface area contributed by atoms with Crippen molar-refractivity contribution in [2.75, 3.05) is 26.2 Å². The Hall–Kier alpha value is -4.08. The van der Waals surface area contributed by atoms with Gasteiger partial charge < -0.3 is 9.72 Å². The van der Waals surface area contributed by atoms with Gasteiger partial charge in [0.1, 0.15) is 18.0 Å². The van der Waals surface area contributed by atoms with Crippen LogP contribution in [0.3, 0.4) is 0 Å². The maximum atomic E-state index is 6.02. The number of aromatic nitrogens is 6. The summed E-state index contributed by atoms with van der Waals surface area (Å²) in [7, 11) is 0. The van der Waals surface area contributed by atoms with Gasteiger partial charge in [-0.05, 0) is 61.6 Å². The van der Waals surface area contributed by atoms with Crippen LogP contribution in [0.15, 0.2) is 66.6 Å². The van der Waals surface area contributed by atoms with Crippen LogP contribution in [0.2, 0.25) is 0 Å². The minimum atomic E-state index is 0.662. The summed E-state index contributed by atoms with van der Waals surface area (Å²) in [6.07, 6.45) is 9.86. The van der Waals surface area contributed by atoms with Crippen LogP contribution in [0.1, 0.15) is 12.8 Å². The molecular formula is C28H25N7OS. The molecule has 2 N–H and O–H groups in total. The summed E-state index contributed by atoms with van der Waals surface area (Å²) in [4.78, 5) is 20.7. The van der Waals surface area contributed by atoms with Crippen molar-refractivity contribution in [2.45, 2.75) is 12.8 Å². The van der Waals surface area contributed by atoms with E-state index in [9.17, 15) is 0 Å². The SMILES string of the molecule is c1csc(-c2ccnc3[nH]c(-c4[nH]nc5ncc(-c6cncc(OCCN7CCCC7)c6)cc45)cc23)c1. The standard InChI is InChI=1S/C28H25N7OS/c1-2-8-35(7-1)9-10-36-20-12-18(15-29-17-20)19-13-23-26(33-34-28(23)31-16-19)24-14-22-21(25-4-3-11-37-25)5-6-30-27(22)32-24/h3-6,11-17H,1-2,7-10H2,(H,30,32)(H,31,33,34). The van der Waals surface area contributed by atoms with Crippen molar-refractivity contribution in [3.05, 3.63) is 66.6 Å². The van der Waals surface area contributed by atoms with E-state index in [1.807, 2.05) is 24.7 Å². The maximum absolute atomic E-state index is 6.02. The van der Waals surface area contributed by atoms with Gasteiger partial charge in [-0.25, -0.2) is 9.97 Å². The zero-order valence-corrected chi connectivity index (χ0v) is 21.0. The number of H-pyrrole nitrogens is 2. The van der Waals surface area contributed by atoms with Crippen LogP contribution < -0.4 is 4.74 Å². The quantitative estimate of drug-likeness (QED) is 0.285. The average Bonchev–Trinajstić information content (AvgIpc) is 3.74. The van der Waals surface area contributed by atoms with Gasteiger partial charge in [-0.3, -0.25) is 15.0 Å². The van der Waals surface area contributed by atoms with Gasteiger partial charge in [-0.2, -0.15) is 5.10 Å². The summed E-state index contributed by atoms with van der Waals surface area (Å²) in [5.74, 6) is 0.770. The minimum absolute atomic E-state index is 0.662. The molecule has 1 aliphatic rings. The average molecular weight is 508 g/mol. The van der Waals surface area contributed by atoms with Crippen molar-refractivity contribution in [1.29, 1.82) is 0 Å². The number of ether oxygens (including phenoxy) is 1. The number of fused-ring (bicyclic) bond motifs is 2. The fraction of sp³-hybridized carbons (Fsp3) is 0.214. The minimum Gasteiger partial charge on any atom is -0.491 e.